The topological polar surface area (TPSA) is 70.2 Å². The van der Waals surface area contributed by atoms with Crippen LogP contribution in [0.1, 0.15) is 13.3 Å². The van der Waals surface area contributed by atoms with E-state index >= 15 is 0 Å². The summed E-state index contributed by atoms with van der Waals surface area (Å²) in [5.74, 6) is 0.164. The van der Waals surface area contributed by atoms with Crippen molar-refractivity contribution in [3.8, 4) is 0 Å². The minimum atomic E-state index is -3.06. The van der Waals surface area contributed by atoms with Gasteiger partial charge in [0, 0.05) is 25.7 Å². The molecule has 0 aromatic rings. The zero-order valence-electron chi connectivity index (χ0n) is 8.54. The summed E-state index contributed by atoms with van der Waals surface area (Å²) in [6, 6.07) is 0.437. The fourth-order valence-electron chi connectivity index (χ4n) is 1.52. The molecular weight excluding hydrogens is 202 g/mol. The Balaban J connectivity index is 2.13. The predicted octanol–water partition coefficient (Wildman–Crippen LogP) is -1.12. The summed E-state index contributed by atoms with van der Waals surface area (Å²) in [5.41, 5.74) is 0. The Morgan fingerprint density at radius 1 is 1.50 bits per heavy atom. The first kappa shape index (κ1) is 11.9. The van der Waals surface area contributed by atoms with E-state index in [1.54, 1.807) is 6.92 Å². The Kier molecular flexibility index (Phi) is 4.80. The van der Waals surface area contributed by atoms with Crippen LogP contribution in [0.25, 0.3) is 0 Å². The highest BCUT2D eigenvalue weighted by atomic mass is 32.2. The van der Waals surface area contributed by atoms with Crippen LogP contribution < -0.4 is 15.4 Å². The molecule has 1 heterocycles. The fraction of sp³-hybridized carbons (Fsp3) is 1.00. The number of hydrogen-bond acceptors (Lipinski definition) is 4. The van der Waals surface area contributed by atoms with Crippen LogP contribution in [0, 0.1) is 0 Å². The van der Waals surface area contributed by atoms with Gasteiger partial charge >= 0.3 is 0 Å². The van der Waals surface area contributed by atoms with Crippen molar-refractivity contribution in [3.05, 3.63) is 0 Å². The average Bonchev–Trinajstić information content (AvgIpc) is 2.56. The molecule has 0 bridgehead atoms. The fourth-order valence-corrected chi connectivity index (χ4v) is 2.49. The van der Waals surface area contributed by atoms with Crippen LogP contribution in [0.3, 0.4) is 0 Å². The van der Waals surface area contributed by atoms with Crippen molar-refractivity contribution in [1.82, 2.24) is 15.4 Å². The van der Waals surface area contributed by atoms with E-state index in [2.05, 4.69) is 15.4 Å². The second-order valence-electron chi connectivity index (χ2n) is 3.46. The van der Waals surface area contributed by atoms with Crippen LogP contribution in [0.15, 0.2) is 0 Å². The Morgan fingerprint density at radius 3 is 2.86 bits per heavy atom. The molecule has 0 saturated carbocycles. The van der Waals surface area contributed by atoms with Gasteiger partial charge in [0.05, 0.1) is 5.75 Å². The Labute approximate surface area is 85.7 Å². The quantitative estimate of drug-likeness (QED) is 0.531. The molecular formula is C8H19N3O2S. The summed E-state index contributed by atoms with van der Waals surface area (Å²) in [4.78, 5) is 0. The highest BCUT2D eigenvalue weighted by molar-refractivity contribution is 7.89. The van der Waals surface area contributed by atoms with E-state index in [9.17, 15) is 8.42 Å². The van der Waals surface area contributed by atoms with Gasteiger partial charge in [-0.2, -0.15) is 0 Å². The molecule has 1 fully saturated rings. The van der Waals surface area contributed by atoms with Crippen molar-refractivity contribution in [2.24, 2.45) is 0 Å². The van der Waals surface area contributed by atoms with E-state index in [4.69, 9.17) is 0 Å². The maximum atomic E-state index is 11.2. The number of nitrogens with one attached hydrogen (secondary N) is 3. The third-order valence-electron chi connectivity index (χ3n) is 2.23. The molecule has 84 valence electrons. The Hall–Kier alpha value is -0.170. The third-order valence-corrected chi connectivity index (χ3v) is 3.70. The second kappa shape index (κ2) is 5.65. The summed E-state index contributed by atoms with van der Waals surface area (Å²) in [5, 5.41) is 6.43. The van der Waals surface area contributed by atoms with Gasteiger partial charge < -0.3 is 10.6 Å². The van der Waals surface area contributed by atoms with Crippen molar-refractivity contribution >= 4 is 10.0 Å². The maximum absolute atomic E-state index is 11.2. The van der Waals surface area contributed by atoms with E-state index < -0.39 is 10.0 Å². The molecule has 6 heteroatoms. The summed E-state index contributed by atoms with van der Waals surface area (Å²) >= 11 is 0. The first-order valence-electron chi connectivity index (χ1n) is 5.05. The molecule has 1 unspecified atom stereocenters. The average molecular weight is 221 g/mol. The molecule has 3 N–H and O–H groups in total. The van der Waals surface area contributed by atoms with Gasteiger partial charge in [0.25, 0.3) is 0 Å². The van der Waals surface area contributed by atoms with E-state index in [1.807, 2.05) is 0 Å². The van der Waals surface area contributed by atoms with Crippen molar-refractivity contribution in [1.29, 1.82) is 0 Å². The maximum Gasteiger partial charge on any atom is 0.212 e. The Bertz CT molecular complexity index is 247. The van der Waals surface area contributed by atoms with Crippen LogP contribution in [0.4, 0.5) is 0 Å². The standard InChI is InChI=1S/C8H19N3O2S/c1-2-11-14(12,13)6-5-10-8-3-4-9-7-8/h8-11H,2-7H2,1H3. The van der Waals surface area contributed by atoms with Gasteiger partial charge in [0.15, 0.2) is 0 Å². The van der Waals surface area contributed by atoms with Crippen LogP contribution in [-0.2, 0) is 10.0 Å². The third kappa shape index (κ3) is 4.36. The lowest BCUT2D eigenvalue weighted by Gasteiger charge is -2.11. The SMILES string of the molecule is CCNS(=O)(=O)CCNC1CCNC1. The molecule has 0 spiro atoms. The highest BCUT2D eigenvalue weighted by Gasteiger charge is 2.14. The lowest BCUT2D eigenvalue weighted by atomic mass is 10.3. The van der Waals surface area contributed by atoms with Crippen molar-refractivity contribution in [2.75, 3.05) is 31.9 Å². The number of sulfonamides is 1. The lowest BCUT2D eigenvalue weighted by Crippen LogP contribution is -2.37. The monoisotopic (exact) mass is 221 g/mol. The van der Waals surface area contributed by atoms with Crippen LogP contribution in [-0.4, -0.2) is 46.4 Å². The van der Waals surface area contributed by atoms with E-state index in [0.717, 1.165) is 19.5 Å². The zero-order valence-corrected chi connectivity index (χ0v) is 9.36. The molecule has 0 amide bonds. The molecule has 14 heavy (non-hydrogen) atoms. The van der Waals surface area contributed by atoms with Gasteiger partial charge in [-0.05, 0) is 13.0 Å². The molecule has 1 aliphatic heterocycles. The molecule has 0 radical (unpaired) electrons. The minimum absolute atomic E-state index is 0.164. The zero-order chi connectivity index (χ0) is 10.4. The summed E-state index contributed by atoms with van der Waals surface area (Å²) in [6.07, 6.45) is 1.08. The van der Waals surface area contributed by atoms with E-state index in [0.29, 0.717) is 19.1 Å². The molecule has 1 rings (SSSR count). The predicted molar refractivity (Wildman–Crippen MR) is 56.7 cm³/mol. The summed E-state index contributed by atoms with van der Waals surface area (Å²) in [6.45, 7) is 4.75. The molecule has 0 aliphatic carbocycles. The molecule has 5 nitrogen and oxygen atoms in total. The highest BCUT2D eigenvalue weighted by Crippen LogP contribution is 1.96. The summed E-state index contributed by atoms with van der Waals surface area (Å²) in [7, 11) is -3.06. The molecule has 1 saturated heterocycles. The second-order valence-corrected chi connectivity index (χ2v) is 5.39. The lowest BCUT2D eigenvalue weighted by molar-refractivity contribution is 0.550. The van der Waals surface area contributed by atoms with Gasteiger partial charge in [0.2, 0.25) is 10.0 Å². The van der Waals surface area contributed by atoms with Crippen molar-refractivity contribution in [2.45, 2.75) is 19.4 Å². The largest absolute Gasteiger partial charge is 0.315 e. The first-order valence-corrected chi connectivity index (χ1v) is 6.70. The molecule has 0 aromatic heterocycles. The van der Waals surface area contributed by atoms with Crippen LogP contribution in [0.5, 0.6) is 0 Å². The normalized spacial score (nSPS) is 22.8. The van der Waals surface area contributed by atoms with Crippen molar-refractivity contribution < 1.29 is 8.42 Å². The van der Waals surface area contributed by atoms with Crippen LogP contribution >= 0.6 is 0 Å². The van der Waals surface area contributed by atoms with Gasteiger partial charge in [-0.25, -0.2) is 13.1 Å². The van der Waals surface area contributed by atoms with Gasteiger partial charge in [-0.3, -0.25) is 0 Å². The smallest absolute Gasteiger partial charge is 0.212 e. The van der Waals surface area contributed by atoms with Crippen molar-refractivity contribution in [3.63, 3.8) is 0 Å². The molecule has 1 aliphatic rings. The van der Waals surface area contributed by atoms with E-state index in [-0.39, 0.29) is 5.75 Å². The van der Waals surface area contributed by atoms with Gasteiger partial charge in [-0.1, -0.05) is 6.92 Å². The number of hydrogen-bond donors (Lipinski definition) is 3. The van der Waals surface area contributed by atoms with Gasteiger partial charge in [-0.15, -0.1) is 0 Å². The van der Waals surface area contributed by atoms with Gasteiger partial charge in [0.1, 0.15) is 0 Å². The molecule has 1 atom stereocenters. The van der Waals surface area contributed by atoms with E-state index in [1.165, 1.54) is 0 Å². The molecule has 0 aromatic carbocycles. The summed E-state index contributed by atoms with van der Waals surface area (Å²) < 4.78 is 24.9. The first-order chi connectivity index (χ1) is 6.64. The number of rotatable bonds is 6. The van der Waals surface area contributed by atoms with Crippen LogP contribution in [0.2, 0.25) is 0 Å². The Morgan fingerprint density at radius 2 is 2.29 bits per heavy atom. The minimum Gasteiger partial charge on any atom is -0.315 e.